The minimum absolute atomic E-state index is 0.0349. The molecule has 0 aromatic heterocycles. The molecule has 7 atom stereocenters. The summed E-state index contributed by atoms with van der Waals surface area (Å²) in [5.74, 6) is 1.78. The van der Waals surface area contributed by atoms with Crippen LogP contribution in [-0.2, 0) is 9.59 Å². The molecule has 0 aromatic carbocycles. The zero-order valence-electron chi connectivity index (χ0n) is 16.1. The molecule has 0 bridgehead atoms. The smallest absolute Gasteiger partial charge is 0.155 e. The third-order valence-corrected chi connectivity index (χ3v) is 9.28. The number of hydrogen-bond donors (Lipinski definition) is 1. The van der Waals surface area contributed by atoms with Crippen molar-refractivity contribution in [2.45, 2.75) is 78.7 Å². The predicted octanol–water partition coefficient (Wildman–Crippen LogP) is 4.08. The van der Waals surface area contributed by atoms with Crippen LogP contribution in [0.15, 0.2) is 11.6 Å². The van der Waals surface area contributed by atoms with Gasteiger partial charge in [0.15, 0.2) is 5.78 Å². The third-order valence-electron chi connectivity index (χ3n) is 9.28. The lowest BCUT2D eigenvalue weighted by molar-refractivity contribution is -0.157. The summed E-state index contributed by atoms with van der Waals surface area (Å²) in [6.07, 6.45) is 7.84. The summed E-state index contributed by atoms with van der Waals surface area (Å²) in [4.78, 5) is 24.4. The predicted molar refractivity (Wildman–Crippen MR) is 96.9 cm³/mol. The fourth-order valence-corrected chi connectivity index (χ4v) is 7.51. The van der Waals surface area contributed by atoms with Gasteiger partial charge in [-0.05, 0) is 80.1 Å². The van der Waals surface area contributed by atoms with Gasteiger partial charge in [0.25, 0.3) is 0 Å². The van der Waals surface area contributed by atoms with E-state index in [-0.39, 0.29) is 39.8 Å². The molecule has 1 N–H and O–H groups in total. The maximum Gasteiger partial charge on any atom is 0.155 e. The number of rotatable bonds is 1. The molecular weight excluding hydrogens is 312 g/mol. The number of hydrogen-bond acceptors (Lipinski definition) is 3. The number of carbonyl (C=O) groups excluding carboxylic acids is 2. The monoisotopic (exact) mass is 344 g/mol. The molecule has 25 heavy (non-hydrogen) atoms. The summed E-state index contributed by atoms with van der Waals surface area (Å²) in [5.41, 5.74) is 0.845. The van der Waals surface area contributed by atoms with Gasteiger partial charge in [0.05, 0.1) is 6.10 Å². The molecule has 3 nitrogen and oxygen atoms in total. The Morgan fingerprint density at radius 1 is 1.16 bits per heavy atom. The molecule has 0 amide bonds. The van der Waals surface area contributed by atoms with E-state index in [0.717, 1.165) is 38.5 Å². The van der Waals surface area contributed by atoms with Gasteiger partial charge in [-0.25, -0.2) is 0 Å². The SMILES string of the molecule is CC(=O)[C@@]1(C)CC[C@H]2[C@@H]3CCC4=CC(=O)CC[C@]4(C)[C@H]3C(O)C[C@@]21C. The Bertz CT molecular complexity index is 664. The highest BCUT2D eigenvalue weighted by Gasteiger charge is 2.66. The van der Waals surface area contributed by atoms with Crippen molar-refractivity contribution in [3.05, 3.63) is 11.6 Å². The largest absolute Gasteiger partial charge is 0.393 e. The first-order chi connectivity index (χ1) is 11.6. The van der Waals surface area contributed by atoms with Crippen molar-refractivity contribution in [1.82, 2.24) is 0 Å². The molecule has 3 fully saturated rings. The minimum Gasteiger partial charge on any atom is -0.393 e. The molecule has 0 radical (unpaired) electrons. The fourth-order valence-electron chi connectivity index (χ4n) is 7.51. The first-order valence-electron chi connectivity index (χ1n) is 10.1. The number of aliphatic hydroxyl groups excluding tert-OH is 1. The summed E-state index contributed by atoms with van der Waals surface area (Å²) in [7, 11) is 0. The average molecular weight is 344 g/mol. The van der Waals surface area contributed by atoms with Crippen molar-refractivity contribution in [3.63, 3.8) is 0 Å². The van der Waals surface area contributed by atoms with Crippen LogP contribution in [0.4, 0.5) is 0 Å². The number of ketones is 2. The van der Waals surface area contributed by atoms with E-state index < -0.39 is 0 Å². The van der Waals surface area contributed by atoms with Gasteiger partial charge < -0.3 is 5.11 Å². The number of Topliss-reactive ketones (excluding diaryl/α,β-unsaturated/α-hetero) is 1. The van der Waals surface area contributed by atoms with Crippen molar-refractivity contribution < 1.29 is 14.7 Å². The van der Waals surface area contributed by atoms with Crippen LogP contribution in [0.2, 0.25) is 0 Å². The van der Waals surface area contributed by atoms with Crippen molar-refractivity contribution in [2.75, 3.05) is 0 Å². The Morgan fingerprint density at radius 3 is 2.56 bits per heavy atom. The van der Waals surface area contributed by atoms with Crippen LogP contribution in [0.25, 0.3) is 0 Å². The molecule has 0 spiro atoms. The topological polar surface area (TPSA) is 54.4 Å². The summed E-state index contributed by atoms with van der Waals surface area (Å²) < 4.78 is 0. The van der Waals surface area contributed by atoms with Gasteiger partial charge in [0.1, 0.15) is 5.78 Å². The quantitative estimate of drug-likeness (QED) is 0.779. The Kier molecular flexibility index (Phi) is 3.69. The maximum atomic E-state index is 12.5. The van der Waals surface area contributed by atoms with Gasteiger partial charge in [-0.3, -0.25) is 9.59 Å². The molecule has 3 saturated carbocycles. The minimum atomic E-state index is -0.370. The molecule has 4 rings (SSSR count). The number of carbonyl (C=O) groups is 2. The molecule has 138 valence electrons. The second kappa shape index (κ2) is 5.28. The maximum absolute atomic E-state index is 12.5. The van der Waals surface area contributed by atoms with Crippen LogP contribution >= 0.6 is 0 Å². The van der Waals surface area contributed by atoms with Gasteiger partial charge in [0.2, 0.25) is 0 Å². The van der Waals surface area contributed by atoms with Crippen LogP contribution in [0.5, 0.6) is 0 Å². The normalized spacial score (nSPS) is 52.0. The molecular formula is C22H32O3. The lowest BCUT2D eigenvalue weighted by Crippen LogP contribution is -2.58. The lowest BCUT2D eigenvalue weighted by Gasteiger charge is -2.61. The van der Waals surface area contributed by atoms with Gasteiger partial charge in [-0.15, -0.1) is 0 Å². The first-order valence-corrected chi connectivity index (χ1v) is 10.1. The second-order valence-electron chi connectivity index (χ2n) is 10.0. The summed E-state index contributed by atoms with van der Waals surface area (Å²) in [6.45, 7) is 8.43. The Balaban J connectivity index is 1.75. The Labute approximate surface area is 151 Å². The van der Waals surface area contributed by atoms with E-state index in [1.54, 1.807) is 6.92 Å². The van der Waals surface area contributed by atoms with Crippen LogP contribution in [0.3, 0.4) is 0 Å². The summed E-state index contributed by atoms with van der Waals surface area (Å²) in [6, 6.07) is 0. The highest BCUT2D eigenvalue weighted by Crippen LogP contribution is 2.69. The van der Waals surface area contributed by atoms with Crippen molar-refractivity contribution in [3.8, 4) is 0 Å². The Hall–Kier alpha value is -0.960. The van der Waals surface area contributed by atoms with Crippen LogP contribution < -0.4 is 0 Å². The van der Waals surface area contributed by atoms with E-state index in [9.17, 15) is 14.7 Å². The lowest BCUT2D eigenvalue weighted by atomic mass is 9.44. The first kappa shape index (κ1) is 17.5. The van der Waals surface area contributed by atoms with E-state index in [1.165, 1.54) is 5.57 Å². The standard InChI is InChI=1S/C22H32O3/c1-13(23)21(3)10-8-17-16-6-5-14-11-15(24)7-9-20(14,2)19(16)18(25)12-22(17,21)4/h11,16-19,25H,5-10,12H2,1-4H3/t16-,17-,18?,19+,20-,21+,22-/m0/s1. The van der Waals surface area contributed by atoms with Crippen molar-refractivity contribution in [2.24, 2.45) is 34.0 Å². The number of aliphatic hydroxyl groups is 1. The molecule has 1 unspecified atom stereocenters. The molecule has 4 aliphatic rings. The Morgan fingerprint density at radius 2 is 1.88 bits per heavy atom. The van der Waals surface area contributed by atoms with E-state index >= 15 is 0 Å². The zero-order chi connectivity index (χ0) is 18.2. The van der Waals surface area contributed by atoms with E-state index in [0.29, 0.717) is 18.3 Å². The zero-order valence-corrected chi connectivity index (χ0v) is 16.1. The highest BCUT2D eigenvalue weighted by molar-refractivity contribution is 5.91. The van der Waals surface area contributed by atoms with Gasteiger partial charge in [0, 0.05) is 11.8 Å². The van der Waals surface area contributed by atoms with Crippen molar-refractivity contribution in [1.29, 1.82) is 0 Å². The molecule has 4 aliphatic carbocycles. The second-order valence-corrected chi connectivity index (χ2v) is 10.0. The van der Waals surface area contributed by atoms with Crippen LogP contribution in [-0.4, -0.2) is 22.8 Å². The van der Waals surface area contributed by atoms with Crippen LogP contribution in [0.1, 0.15) is 72.6 Å². The fraction of sp³-hybridized carbons (Fsp3) is 0.818. The molecule has 3 heteroatoms. The van der Waals surface area contributed by atoms with Gasteiger partial charge >= 0.3 is 0 Å². The molecule has 0 aliphatic heterocycles. The van der Waals surface area contributed by atoms with Gasteiger partial charge in [-0.2, -0.15) is 0 Å². The van der Waals surface area contributed by atoms with E-state index in [4.69, 9.17) is 0 Å². The summed E-state index contributed by atoms with van der Waals surface area (Å²) >= 11 is 0. The number of allylic oxidation sites excluding steroid dienone is 1. The van der Waals surface area contributed by atoms with E-state index in [1.807, 2.05) is 6.08 Å². The number of fused-ring (bicyclic) bond motifs is 5. The van der Waals surface area contributed by atoms with Crippen molar-refractivity contribution >= 4 is 11.6 Å². The highest BCUT2D eigenvalue weighted by atomic mass is 16.3. The third kappa shape index (κ3) is 2.08. The molecule has 0 saturated heterocycles. The van der Waals surface area contributed by atoms with Crippen LogP contribution in [0, 0.1) is 34.0 Å². The average Bonchev–Trinajstić information content (AvgIpc) is 2.80. The van der Waals surface area contributed by atoms with Gasteiger partial charge in [-0.1, -0.05) is 26.3 Å². The van der Waals surface area contributed by atoms with E-state index in [2.05, 4.69) is 20.8 Å². The summed E-state index contributed by atoms with van der Waals surface area (Å²) in [5, 5.41) is 11.3. The molecule has 0 aromatic rings. The molecule has 0 heterocycles.